The Morgan fingerprint density at radius 1 is 1.04 bits per heavy atom. The number of hydrogen-bond donors (Lipinski definition) is 1. The molecule has 24 heavy (non-hydrogen) atoms. The maximum atomic E-state index is 14.0. The summed E-state index contributed by atoms with van der Waals surface area (Å²) >= 11 is 0. The van der Waals surface area contributed by atoms with Gasteiger partial charge in [-0.15, -0.1) is 0 Å². The van der Waals surface area contributed by atoms with Gasteiger partial charge in [-0.25, -0.2) is 4.39 Å². The summed E-state index contributed by atoms with van der Waals surface area (Å²) in [7, 11) is -0.496. The van der Waals surface area contributed by atoms with Crippen molar-refractivity contribution >= 4 is 24.0 Å². The Labute approximate surface area is 142 Å². The molecule has 0 atom stereocenters. The molecule has 5 heteroatoms. The molecule has 1 fully saturated rings. The van der Waals surface area contributed by atoms with E-state index < -0.39 is 18.3 Å². The van der Waals surface area contributed by atoms with Gasteiger partial charge in [0.1, 0.15) is 5.82 Å². The zero-order chi connectivity index (χ0) is 17.5. The Bertz CT molecular complexity index is 785. The fraction of sp³-hybridized carbons (Fsp3) is 0.368. The summed E-state index contributed by atoms with van der Waals surface area (Å²) in [5.74, 6) is -0.229. The van der Waals surface area contributed by atoms with Gasteiger partial charge in [-0.05, 0) is 50.2 Å². The van der Waals surface area contributed by atoms with Gasteiger partial charge in [-0.2, -0.15) is 0 Å². The van der Waals surface area contributed by atoms with Gasteiger partial charge in [0.15, 0.2) is 0 Å². The molecule has 1 saturated heterocycles. The summed E-state index contributed by atoms with van der Waals surface area (Å²) in [6.45, 7) is 8.34. The zero-order valence-electron chi connectivity index (χ0n) is 14.6. The molecule has 0 unspecified atom stereocenters. The second-order valence-electron chi connectivity index (χ2n) is 7.19. The molecule has 2 aromatic rings. The van der Waals surface area contributed by atoms with Crippen LogP contribution in [0.3, 0.4) is 0 Å². The number of halogens is 1. The topological polar surface area (TPSA) is 44.5 Å². The molecule has 3 nitrogen and oxygen atoms in total. The van der Waals surface area contributed by atoms with Crippen LogP contribution in [0.25, 0.3) is 16.8 Å². The predicted octanol–water partition coefficient (Wildman–Crippen LogP) is 3.95. The second kappa shape index (κ2) is 5.99. The largest absolute Gasteiger partial charge is 0.491 e. The molecule has 0 radical (unpaired) electrons. The fourth-order valence-electron chi connectivity index (χ4n) is 2.83. The maximum Gasteiger partial charge on any atom is 0.491 e. The third-order valence-electron chi connectivity index (χ3n) is 5.04. The second-order valence-corrected chi connectivity index (χ2v) is 7.19. The van der Waals surface area contributed by atoms with Gasteiger partial charge in [0.05, 0.1) is 11.2 Å². The Balaban J connectivity index is 2.03. The molecule has 3 rings (SSSR count). The molecule has 126 valence electrons. The fourth-order valence-corrected chi connectivity index (χ4v) is 2.83. The summed E-state index contributed by atoms with van der Waals surface area (Å²) in [5, 5.41) is 1.44. The zero-order valence-corrected chi connectivity index (χ0v) is 14.6. The van der Waals surface area contributed by atoms with Gasteiger partial charge in [0.2, 0.25) is 0 Å². The van der Waals surface area contributed by atoms with Crippen LogP contribution in [0.15, 0.2) is 41.9 Å². The molecular formula is C19H23BFNO2. The summed E-state index contributed by atoms with van der Waals surface area (Å²) in [6, 6.07) is 10.7. The quantitative estimate of drug-likeness (QED) is 0.868. The third-order valence-corrected chi connectivity index (χ3v) is 5.04. The monoisotopic (exact) mass is 327 g/mol. The van der Waals surface area contributed by atoms with Gasteiger partial charge < -0.3 is 15.0 Å². The van der Waals surface area contributed by atoms with Crippen molar-refractivity contribution in [3.8, 4) is 0 Å². The van der Waals surface area contributed by atoms with Crippen LogP contribution >= 0.6 is 0 Å². The van der Waals surface area contributed by atoms with E-state index in [1.54, 1.807) is 12.1 Å². The molecule has 0 spiro atoms. The minimum absolute atomic E-state index is 0.229. The van der Waals surface area contributed by atoms with Gasteiger partial charge in [0, 0.05) is 11.9 Å². The average molecular weight is 327 g/mol. The highest BCUT2D eigenvalue weighted by molar-refractivity contribution is 6.56. The Hall–Kier alpha value is -1.69. The van der Waals surface area contributed by atoms with E-state index >= 15 is 0 Å². The third kappa shape index (κ3) is 2.88. The number of nitrogens with two attached hydrogens (primary N) is 1. The molecule has 2 aromatic carbocycles. The van der Waals surface area contributed by atoms with E-state index in [0.29, 0.717) is 11.9 Å². The SMILES string of the molecule is CC1(C)OB(C(=Cc2ccc(F)c3ccccc23)CN)OC1(C)C. The van der Waals surface area contributed by atoms with E-state index in [1.165, 1.54) is 6.07 Å². The van der Waals surface area contributed by atoms with E-state index in [1.807, 2.05) is 52.0 Å². The molecule has 1 aliphatic heterocycles. The van der Waals surface area contributed by atoms with Crippen LogP contribution in [-0.4, -0.2) is 24.9 Å². The van der Waals surface area contributed by atoms with Crippen molar-refractivity contribution in [3.05, 3.63) is 53.3 Å². The van der Waals surface area contributed by atoms with Crippen LogP contribution in [0.5, 0.6) is 0 Å². The Morgan fingerprint density at radius 3 is 2.21 bits per heavy atom. The van der Waals surface area contributed by atoms with Crippen LogP contribution in [0.4, 0.5) is 4.39 Å². The van der Waals surface area contributed by atoms with Crippen molar-refractivity contribution in [1.82, 2.24) is 0 Å². The smallest absolute Gasteiger partial charge is 0.400 e. The first-order chi connectivity index (χ1) is 11.2. The lowest BCUT2D eigenvalue weighted by molar-refractivity contribution is 0.00578. The first-order valence-electron chi connectivity index (χ1n) is 8.18. The lowest BCUT2D eigenvalue weighted by atomic mass is 9.77. The number of hydrogen-bond acceptors (Lipinski definition) is 3. The van der Waals surface area contributed by atoms with E-state index in [-0.39, 0.29) is 5.82 Å². The number of rotatable bonds is 3. The summed E-state index contributed by atoms with van der Waals surface area (Å²) in [6.07, 6.45) is 1.95. The van der Waals surface area contributed by atoms with Gasteiger partial charge in [0.25, 0.3) is 0 Å². The van der Waals surface area contributed by atoms with Crippen LogP contribution in [-0.2, 0) is 9.31 Å². The molecule has 0 aromatic heterocycles. The lowest BCUT2D eigenvalue weighted by Gasteiger charge is -2.32. The van der Waals surface area contributed by atoms with Gasteiger partial charge in [-0.1, -0.05) is 36.4 Å². The molecule has 2 N–H and O–H groups in total. The van der Waals surface area contributed by atoms with Crippen LogP contribution in [0.1, 0.15) is 33.3 Å². The first kappa shape index (κ1) is 17.1. The van der Waals surface area contributed by atoms with Crippen molar-refractivity contribution in [3.63, 3.8) is 0 Å². The van der Waals surface area contributed by atoms with Crippen LogP contribution in [0.2, 0.25) is 0 Å². The molecule has 1 heterocycles. The van der Waals surface area contributed by atoms with Crippen molar-refractivity contribution in [2.45, 2.75) is 38.9 Å². The molecule has 0 bridgehead atoms. The van der Waals surface area contributed by atoms with Gasteiger partial charge >= 0.3 is 7.12 Å². The summed E-state index contributed by atoms with van der Waals surface area (Å²) < 4.78 is 26.2. The summed E-state index contributed by atoms with van der Waals surface area (Å²) in [4.78, 5) is 0. The van der Waals surface area contributed by atoms with E-state index in [9.17, 15) is 4.39 Å². The number of fused-ring (bicyclic) bond motifs is 1. The minimum atomic E-state index is -0.496. The standard InChI is InChI=1S/C19H23BFNO2/c1-18(2)19(3,4)24-20(23-18)14(12-22)11-13-9-10-17(21)16-8-6-5-7-15(13)16/h5-11H,12,22H2,1-4H3. The normalized spacial score (nSPS) is 19.9. The van der Waals surface area contributed by atoms with E-state index in [2.05, 4.69) is 0 Å². The van der Waals surface area contributed by atoms with Crippen LogP contribution < -0.4 is 5.73 Å². The van der Waals surface area contributed by atoms with Gasteiger partial charge in [-0.3, -0.25) is 0 Å². The van der Waals surface area contributed by atoms with Crippen molar-refractivity contribution < 1.29 is 13.7 Å². The minimum Gasteiger partial charge on any atom is -0.400 e. The lowest BCUT2D eigenvalue weighted by Crippen LogP contribution is -2.41. The highest BCUT2D eigenvalue weighted by Crippen LogP contribution is 2.39. The number of benzene rings is 2. The van der Waals surface area contributed by atoms with E-state index in [4.69, 9.17) is 15.0 Å². The van der Waals surface area contributed by atoms with Crippen molar-refractivity contribution in [2.24, 2.45) is 5.73 Å². The van der Waals surface area contributed by atoms with Crippen molar-refractivity contribution in [1.29, 1.82) is 0 Å². The molecule has 1 aliphatic rings. The summed E-state index contributed by atoms with van der Waals surface area (Å²) in [5.41, 5.74) is 6.85. The Morgan fingerprint density at radius 2 is 1.62 bits per heavy atom. The average Bonchev–Trinajstić information content (AvgIpc) is 2.75. The highest BCUT2D eigenvalue weighted by atomic mass is 19.1. The molecule has 0 saturated carbocycles. The van der Waals surface area contributed by atoms with E-state index in [0.717, 1.165) is 16.4 Å². The molecular weight excluding hydrogens is 304 g/mol. The van der Waals surface area contributed by atoms with Crippen molar-refractivity contribution in [2.75, 3.05) is 6.54 Å². The molecule has 0 amide bonds. The first-order valence-corrected chi connectivity index (χ1v) is 8.18. The molecule has 0 aliphatic carbocycles. The Kier molecular flexibility index (Phi) is 4.28. The highest BCUT2D eigenvalue weighted by Gasteiger charge is 2.52. The van der Waals surface area contributed by atoms with Crippen LogP contribution in [0, 0.1) is 5.82 Å². The predicted molar refractivity (Wildman–Crippen MR) is 97.0 cm³/mol. The maximum absolute atomic E-state index is 14.0.